The Hall–Kier alpha value is -0.420. The molecule has 1 heterocycles. The van der Waals surface area contributed by atoms with Gasteiger partial charge < -0.3 is 18.9 Å². The normalized spacial score (nSPS) is 19.7. The Balaban J connectivity index is 2.09. The SMILES string of the molecule is CCCCCCCCCCC/C=C/CC(COCC1COC(C)(C)O1)OCCCC. The van der Waals surface area contributed by atoms with E-state index in [4.69, 9.17) is 18.9 Å². The highest BCUT2D eigenvalue weighted by Gasteiger charge is 2.32. The number of hydrogen-bond acceptors (Lipinski definition) is 4. The Morgan fingerprint density at radius 2 is 1.57 bits per heavy atom. The van der Waals surface area contributed by atoms with Gasteiger partial charge in [0.1, 0.15) is 6.10 Å². The second-order valence-corrected chi connectivity index (χ2v) is 9.16. The molecule has 2 atom stereocenters. The van der Waals surface area contributed by atoms with Crippen LogP contribution in [0.2, 0.25) is 0 Å². The van der Waals surface area contributed by atoms with E-state index in [1.807, 2.05) is 13.8 Å². The number of ether oxygens (including phenoxy) is 4. The summed E-state index contributed by atoms with van der Waals surface area (Å²) in [6, 6.07) is 0. The van der Waals surface area contributed by atoms with Gasteiger partial charge in [-0.3, -0.25) is 0 Å². The molecule has 1 rings (SSSR count). The summed E-state index contributed by atoms with van der Waals surface area (Å²) in [4.78, 5) is 0. The summed E-state index contributed by atoms with van der Waals surface area (Å²) >= 11 is 0. The molecule has 0 aromatic heterocycles. The molecule has 30 heavy (non-hydrogen) atoms. The van der Waals surface area contributed by atoms with E-state index in [9.17, 15) is 0 Å². The van der Waals surface area contributed by atoms with Crippen molar-refractivity contribution < 1.29 is 18.9 Å². The molecule has 4 heteroatoms. The van der Waals surface area contributed by atoms with Gasteiger partial charge in [-0.15, -0.1) is 0 Å². The second kappa shape index (κ2) is 18.2. The molecule has 1 fully saturated rings. The van der Waals surface area contributed by atoms with Gasteiger partial charge in [-0.1, -0.05) is 83.8 Å². The predicted octanol–water partition coefficient (Wildman–Crippen LogP) is 7.21. The minimum Gasteiger partial charge on any atom is -0.376 e. The van der Waals surface area contributed by atoms with Crippen molar-refractivity contribution in [2.24, 2.45) is 0 Å². The van der Waals surface area contributed by atoms with Gasteiger partial charge >= 0.3 is 0 Å². The zero-order valence-electron chi connectivity index (χ0n) is 20.5. The summed E-state index contributed by atoms with van der Waals surface area (Å²) < 4.78 is 23.3. The first kappa shape index (κ1) is 27.6. The Kier molecular flexibility index (Phi) is 16.7. The zero-order valence-corrected chi connectivity index (χ0v) is 20.5. The largest absolute Gasteiger partial charge is 0.376 e. The molecule has 178 valence electrons. The highest BCUT2D eigenvalue weighted by atomic mass is 16.7. The molecule has 2 unspecified atom stereocenters. The molecular weight excluding hydrogens is 376 g/mol. The van der Waals surface area contributed by atoms with Crippen LogP contribution in [0.1, 0.15) is 111 Å². The average molecular weight is 427 g/mol. The van der Waals surface area contributed by atoms with Crippen LogP contribution in [-0.4, -0.2) is 44.4 Å². The van der Waals surface area contributed by atoms with Crippen LogP contribution in [0.15, 0.2) is 12.2 Å². The fourth-order valence-electron chi connectivity index (χ4n) is 3.69. The molecule has 0 saturated carbocycles. The van der Waals surface area contributed by atoms with Crippen molar-refractivity contribution in [3.8, 4) is 0 Å². The van der Waals surface area contributed by atoms with Gasteiger partial charge in [-0.2, -0.15) is 0 Å². The van der Waals surface area contributed by atoms with Crippen LogP contribution in [0.3, 0.4) is 0 Å². The summed E-state index contributed by atoms with van der Waals surface area (Å²) in [5, 5.41) is 0. The molecule has 0 radical (unpaired) electrons. The highest BCUT2D eigenvalue weighted by Crippen LogP contribution is 2.22. The van der Waals surface area contributed by atoms with Gasteiger partial charge in [0.05, 0.1) is 25.9 Å². The first-order valence-electron chi connectivity index (χ1n) is 12.7. The smallest absolute Gasteiger partial charge is 0.163 e. The lowest BCUT2D eigenvalue weighted by Crippen LogP contribution is -2.27. The lowest BCUT2D eigenvalue weighted by molar-refractivity contribution is -0.147. The maximum Gasteiger partial charge on any atom is 0.163 e. The molecule has 0 amide bonds. The third-order valence-electron chi connectivity index (χ3n) is 5.57. The lowest BCUT2D eigenvalue weighted by atomic mass is 10.1. The van der Waals surface area contributed by atoms with Crippen LogP contribution >= 0.6 is 0 Å². The average Bonchev–Trinajstić information content (AvgIpc) is 3.07. The second-order valence-electron chi connectivity index (χ2n) is 9.16. The predicted molar refractivity (Wildman–Crippen MR) is 126 cm³/mol. The van der Waals surface area contributed by atoms with Crippen LogP contribution in [0, 0.1) is 0 Å². The fourth-order valence-corrected chi connectivity index (χ4v) is 3.69. The Morgan fingerprint density at radius 3 is 2.20 bits per heavy atom. The fraction of sp³-hybridized carbons (Fsp3) is 0.923. The zero-order chi connectivity index (χ0) is 21.9. The highest BCUT2D eigenvalue weighted by molar-refractivity contribution is 4.84. The number of allylic oxidation sites excluding steroid dienone is 1. The molecule has 4 nitrogen and oxygen atoms in total. The Labute approximate surface area is 187 Å². The summed E-state index contributed by atoms with van der Waals surface area (Å²) in [6.07, 6.45) is 21.6. The standard InChI is InChI=1S/C26H50O4/c1-5-7-9-10-11-12-13-14-15-16-17-18-19-24(28-20-8-6-2)21-27-22-25-23-29-26(3,4)30-25/h17-18,24-25H,5-16,19-23H2,1-4H3/b18-17+. The van der Waals surface area contributed by atoms with Crippen molar-refractivity contribution in [3.63, 3.8) is 0 Å². The summed E-state index contributed by atoms with van der Waals surface area (Å²) in [5.74, 6) is -0.483. The molecule has 1 aliphatic heterocycles. The van der Waals surface area contributed by atoms with Crippen molar-refractivity contribution in [1.82, 2.24) is 0 Å². The molecule has 0 N–H and O–H groups in total. The maximum absolute atomic E-state index is 6.04. The summed E-state index contributed by atoms with van der Waals surface area (Å²) in [5.41, 5.74) is 0. The van der Waals surface area contributed by atoms with E-state index < -0.39 is 5.79 Å². The van der Waals surface area contributed by atoms with Gasteiger partial charge in [0.15, 0.2) is 5.79 Å². The van der Waals surface area contributed by atoms with Gasteiger partial charge in [0, 0.05) is 6.61 Å². The Bertz CT molecular complexity index is 408. The molecule has 1 saturated heterocycles. The Morgan fingerprint density at radius 1 is 0.900 bits per heavy atom. The van der Waals surface area contributed by atoms with Gasteiger partial charge in [-0.25, -0.2) is 0 Å². The van der Waals surface area contributed by atoms with E-state index in [2.05, 4.69) is 26.0 Å². The quantitative estimate of drug-likeness (QED) is 0.152. The third-order valence-corrected chi connectivity index (χ3v) is 5.57. The van der Waals surface area contributed by atoms with Gasteiger partial charge in [0.25, 0.3) is 0 Å². The monoisotopic (exact) mass is 426 g/mol. The van der Waals surface area contributed by atoms with Crippen LogP contribution < -0.4 is 0 Å². The van der Waals surface area contributed by atoms with E-state index in [1.54, 1.807) is 0 Å². The van der Waals surface area contributed by atoms with E-state index in [0.29, 0.717) is 19.8 Å². The molecular formula is C26H50O4. The van der Waals surface area contributed by atoms with Crippen molar-refractivity contribution in [3.05, 3.63) is 12.2 Å². The number of hydrogen-bond donors (Lipinski definition) is 0. The molecule has 0 aliphatic carbocycles. The maximum atomic E-state index is 6.04. The topological polar surface area (TPSA) is 36.9 Å². The van der Waals surface area contributed by atoms with Crippen molar-refractivity contribution in [2.45, 2.75) is 129 Å². The summed E-state index contributed by atoms with van der Waals surface area (Å²) in [6.45, 7) is 11.0. The molecule has 0 aromatic rings. The summed E-state index contributed by atoms with van der Waals surface area (Å²) in [7, 11) is 0. The molecule has 0 spiro atoms. The third kappa shape index (κ3) is 15.4. The molecule has 0 bridgehead atoms. The number of rotatable bonds is 20. The van der Waals surface area contributed by atoms with E-state index in [-0.39, 0.29) is 12.2 Å². The molecule has 0 aromatic carbocycles. The van der Waals surface area contributed by atoms with Crippen LogP contribution in [0.5, 0.6) is 0 Å². The van der Waals surface area contributed by atoms with Gasteiger partial charge in [-0.05, 0) is 39.5 Å². The van der Waals surface area contributed by atoms with E-state index in [0.717, 1.165) is 25.9 Å². The van der Waals surface area contributed by atoms with Gasteiger partial charge in [0.2, 0.25) is 0 Å². The van der Waals surface area contributed by atoms with E-state index >= 15 is 0 Å². The van der Waals surface area contributed by atoms with Crippen LogP contribution in [0.4, 0.5) is 0 Å². The van der Waals surface area contributed by atoms with Crippen molar-refractivity contribution in [2.75, 3.05) is 26.4 Å². The number of unbranched alkanes of at least 4 members (excludes halogenated alkanes) is 10. The minimum absolute atomic E-state index is 0.0264. The lowest BCUT2D eigenvalue weighted by Gasteiger charge is -2.19. The first-order valence-corrected chi connectivity index (χ1v) is 12.7. The van der Waals surface area contributed by atoms with Crippen molar-refractivity contribution in [1.29, 1.82) is 0 Å². The first-order chi connectivity index (χ1) is 14.6. The van der Waals surface area contributed by atoms with Crippen molar-refractivity contribution >= 4 is 0 Å². The van der Waals surface area contributed by atoms with Crippen LogP contribution in [0.25, 0.3) is 0 Å². The molecule has 1 aliphatic rings. The minimum atomic E-state index is -0.483. The van der Waals surface area contributed by atoms with Crippen LogP contribution in [-0.2, 0) is 18.9 Å². The van der Waals surface area contributed by atoms with E-state index in [1.165, 1.54) is 64.2 Å².